The molecule has 3 nitrogen and oxygen atoms in total. The lowest BCUT2D eigenvalue weighted by Gasteiger charge is -2.02. The smallest absolute Gasteiger partial charge is 0.263 e. The molecule has 2 aromatic rings. The second-order valence-corrected chi connectivity index (χ2v) is 4.92. The van der Waals surface area contributed by atoms with Gasteiger partial charge >= 0.3 is 0 Å². The van der Waals surface area contributed by atoms with Crippen molar-refractivity contribution in [3.05, 3.63) is 34.2 Å². The highest BCUT2D eigenvalue weighted by Crippen LogP contribution is 2.34. The van der Waals surface area contributed by atoms with Crippen LogP contribution in [0, 0.1) is 0 Å². The number of amides is 1. The molecule has 1 aromatic heterocycles. The maximum absolute atomic E-state index is 11.9. The van der Waals surface area contributed by atoms with Crippen LogP contribution in [-0.2, 0) is 4.74 Å². The van der Waals surface area contributed by atoms with Gasteiger partial charge in [-0.3, -0.25) is 4.79 Å². The van der Waals surface area contributed by atoms with Gasteiger partial charge in [0.15, 0.2) is 0 Å². The van der Waals surface area contributed by atoms with Crippen molar-refractivity contribution in [3.63, 3.8) is 0 Å². The van der Waals surface area contributed by atoms with E-state index in [1.54, 1.807) is 7.11 Å². The lowest BCUT2D eigenvalue weighted by atomic mass is 10.2. The Morgan fingerprint density at radius 1 is 1.47 bits per heavy atom. The lowest BCUT2D eigenvalue weighted by Crippen LogP contribution is -2.26. The van der Waals surface area contributed by atoms with Crippen molar-refractivity contribution in [1.29, 1.82) is 0 Å². The third-order valence-electron chi connectivity index (χ3n) is 2.33. The van der Waals surface area contributed by atoms with Crippen LogP contribution in [0.15, 0.2) is 24.3 Å². The molecule has 5 heteroatoms. The fraction of sp³-hybridized carbons (Fsp3) is 0.250. The number of methoxy groups -OCH3 is 1. The minimum atomic E-state index is -0.145. The van der Waals surface area contributed by atoms with Gasteiger partial charge < -0.3 is 10.1 Å². The van der Waals surface area contributed by atoms with Crippen molar-refractivity contribution >= 4 is 38.9 Å². The van der Waals surface area contributed by atoms with E-state index in [1.165, 1.54) is 11.3 Å². The number of nitrogens with one attached hydrogen (secondary N) is 1. The second kappa shape index (κ2) is 5.49. The second-order valence-electron chi connectivity index (χ2n) is 3.49. The van der Waals surface area contributed by atoms with Gasteiger partial charge in [0.25, 0.3) is 5.91 Å². The highest BCUT2D eigenvalue weighted by Gasteiger charge is 2.15. The highest BCUT2D eigenvalue weighted by atomic mass is 35.5. The van der Waals surface area contributed by atoms with Crippen LogP contribution in [-0.4, -0.2) is 26.2 Å². The van der Waals surface area contributed by atoms with Gasteiger partial charge in [-0.25, -0.2) is 0 Å². The maximum atomic E-state index is 11.9. The average Bonchev–Trinajstić information content (AvgIpc) is 2.68. The Morgan fingerprint density at radius 2 is 2.24 bits per heavy atom. The van der Waals surface area contributed by atoms with E-state index in [0.717, 1.165) is 10.1 Å². The first kappa shape index (κ1) is 12.4. The number of halogens is 1. The van der Waals surface area contributed by atoms with E-state index in [1.807, 2.05) is 24.3 Å². The SMILES string of the molecule is COCCNC(=O)c1sc2ccccc2c1Cl. The Bertz CT molecular complexity index is 538. The van der Waals surface area contributed by atoms with Crippen molar-refractivity contribution in [2.24, 2.45) is 0 Å². The number of hydrogen-bond acceptors (Lipinski definition) is 3. The predicted molar refractivity (Wildman–Crippen MR) is 71.0 cm³/mol. The van der Waals surface area contributed by atoms with Crippen LogP contribution in [0.25, 0.3) is 10.1 Å². The first-order valence-electron chi connectivity index (χ1n) is 5.18. The molecule has 0 atom stereocenters. The van der Waals surface area contributed by atoms with Crippen LogP contribution in [0.2, 0.25) is 5.02 Å². The van der Waals surface area contributed by atoms with Crippen LogP contribution in [0.4, 0.5) is 0 Å². The first-order chi connectivity index (χ1) is 8.24. The summed E-state index contributed by atoms with van der Waals surface area (Å²) in [5, 5.41) is 4.22. The van der Waals surface area contributed by atoms with Crippen LogP contribution >= 0.6 is 22.9 Å². The molecular formula is C12H12ClNO2S. The molecule has 0 bridgehead atoms. The molecular weight excluding hydrogens is 258 g/mol. The zero-order valence-electron chi connectivity index (χ0n) is 9.33. The third kappa shape index (κ3) is 2.60. The van der Waals surface area contributed by atoms with Crippen molar-refractivity contribution in [2.75, 3.05) is 20.3 Å². The Labute approximate surface area is 108 Å². The molecule has 0 aliphatic carbocycles. The van der Waals surface area contributed by atoms with Gasteiger partial charge in [0.05, 0.1) is 11.6 Å². The van der Waals surface area contributed by atoms with E-state index < -0.39 is 0 Å². The van der Waals surface area contributed by atoms with Crippen LogP contribution in [0.5, 0.6) is 0 Å². The number of ether oxygens (including phenoxy) is 1. The summed E-state index contributed by atoms with van der Waals surface area (Å²) in [6, 6.07) is 7.72. The molecule has 90 valence electrons. The highest BCUT2D eigenvalue weighted by molar-refractivity contribution is 7.21. The zero-order valence-corrected chi connectivity index (χ0v) is 10.9. The molecule has 1 N–H and O–H groups in total. The van der Waals surface area contributed by atoms with Crippen LogP contribution < -0.4 is 5.32 Å². The predicted octanol–water partition coefficient (Wildman–Crippen LogP) is 2.93. The summed E-state index contributed by atoms with van der Waals surface area (Å²) >= 11 is 7.59. The molecule has 1 aromatic carbocycles. The van der Waals surface area contributed by atoms with Gasteiger partial charge in [0, 0.05) is 23.7 Å². The number of thiophene rings is 1. The van der Waals surface area contributed by atoms with Crippen molar-refractivity contribution in [2.45, 2.75) is 0 Å². The fourth-order valence-corrected chi connectivity index (χ4v) is 2.94. The van der Waals surface area contributed by atoms with E-state index in [2.05, 4.69) is 5.32 Å². The maximum Gasteiger partial charge on any atom is 0.263 e. The van der Waals surface area contributed by atoms with Gasteiger partial charge in [-0.2, -0.15) is 0 Å². The van der Waals surface area contributed by atoms with Crippen LogP contribution in [0.3, 0.4) is 0 Å². The third-order valence-corrected chi connectivity index (χ3v) is 4.01. The summed E-state index contributed by atoms with van der Waals surface area (Å²) in [6.45, 7) is 0.980. The average molecular weight is 270 g/mol. The topological polar surface area (TPSA) is 38.3 Å². The Balaban J connectivity index is 2.23. The number of hydrogen-bond donors (Lipinski definition) is 1. The molecule has 1 heterocycles. The molecule has 2 rings (SSSR count). The number of fused-ring (bicyclic) bond motifs is 1. The number of benzene rings is 1. The quantitative estimate of drug-likeness (QED) is 0.867. The van der Waals surface area contributed by atoms with Gasteiger partial charge in [-0.05, 0) is 6.07 Å². The van der Waals surface area contributed by atoms with Crippen LogP contribution in [0.1, 0.15) is 9.67 Å². The summed E-state index contributed by atoms with van der Waals surface area (Å²) in [5.41, 5.74) is 0. The van der Waals surface area contributed by atoms with Gasteiger partial charge in [0.2, 0.25) is 0 Å². The molecule has 0 aliphatic rings. The normalized spacial score (nSPS) is 10.7. The van der Waals surface area contributed by atoms with Crippen molar-refractivity contribution < 1.29 is 9.53 Å². The zero-order chi connectivity index (χ0) is 12.3. The van der Waals surface area contributed by atoms with Crippen molar-refractivity contribution in [1.82, 2.24) is 5.32 Å². The number of carbonyl (C=O) groups excluding carboxylic acids is 1. The first-order valence-corrected chi connectivity index (χ1v) is 6.37. The van der Waals surface area contributed by atoms with E-state index in [0.29, 0.717) is 23.1 Å². The molecule has 1 amide bonds. The fourth-order valence-electron chi connectivity index (χ4n) is 1.51. The standard InChI is InChI=1S/C12H12ClNO2S/c1-16-7-6-14-12(15)11-10(13)8-4-2-3-5-9(8)17-11/h2-5H,6-7H2,1H3,(H,14,15). The largest absolute Gasteiger partial charge is 0.383 e. The molecule has 0 saturated heterocycles. The monoisotopic (exact) mass is 269 g/mol. The van der Waals surface area contributed by atoms with E-state index >= 15 is 0 Å². The molecule has 0 saturated carbocycles. The van der Waals surface area contributed by atoms with Crippen molar-refractivity contribution in [3.8, 4) is 0 Å². The minimum absolute atomic E-state index is 0.145. The molecule has 0 aliphatic heterocycles. The lowest BCUT2D eigenvalue weighted by molar-refractivity contribution is 0.0941. The Hall–Kier alpha value is -1.10. The molecule has 0 fully saturated rings. The summed E-state index contributed by atoms with van der Waals surface area (Å²) in [6.07, 6.45) is 0. The Morgan fingerprint density at radius 3 is 2.94 bits per heavy atom. The minimum Gasteiger partial charge on any atom is -0.383 e. The van der Waals surface area contributed by atoms with Gasteiger partial charge in [-0.1, -0.05) is 29.8 Å². The number of carbonyl (C=O) groups is 1. The molecule has 0 spiro atoms. The Kier molecular flexibility index (Phi) is 3.99. The molecule has 0 unspecified atom stereocenters. The van der Waals surface area contributed by atoms with E-state index in [-0.39, 0.29) is 5.91 Å². The summed E-state index contributed by atoms with van der Waals surface area (Å²) in [7, 11) is 1.60. The van der Waals surface area contributed by atoms with Gasteiger partial charge in [0.1, 0.15) is 4.88 Å². The van der Waals surface area contributed by atoms with E-state index in [4.69, 9.17) is 16.3 Å². The molecule has 0 radical (unpaired) electrons. The van der Waals surface area contributed by atoms with Gasteiger partial charge in [-0.15, -0.1) is 11.3 Å². The van der Waals surface area contributed by atoms with E-state index in [9.17, 15) is 4.79 Å². The molecule has 17 heavy (non-hydrogen) atoms. The summed E-state index contributed by atoms with van der Waals surface area (Å²) in [4.78, 5) is 12.4. The summed E-state index contributed by atoms with van der Waals surface area (Å²) in [5.74, 6) is -0.145. The number of rotatable bonds is 4. The summed E-state index contributed by atoms with van der Waals surface area (Å²) < 4.78 is 5.90.